The fourth-order valence-corrected chi connectivity index (χ4v) is 3.33. The highest BCUT2D eigenvalue weighted by atomic mass is 35.5. The Morgan fingerprint density at radius 1 is 1.40 bits per heavy atom. The van der Waals surface area contributed by atoms with Crippen LogP contribution in [0, 0.1) is 11.7 Å². The summed E-state index contributed by atoms with van der Waals surface area (Å²) in [4.78, 5) is 16.8. The van der Waals surface area contributed by atoms with Crippen molar-refractivity contribution in [1.29, 1.82) is 0 Å². The maximum absolute atomic E-state index is 13.7. The number of hydrogen-bond donors (Lipinski definition) is 1. The standard InChI is InChI=1S/C18H20ClFN2O2S/c1-11(2)10-25-18-16(13(19)6-7-21-18)17(23)22-9-12-4-5-15(24-3)14(20)8-12/h4-8,11H,9-10H2,1-3H3,(H,22,23). The molecule has 0 unspecified atom stereocenters. The second kappa shape index (κ2) is 9.06. The lowest BCUT2D eigenvalue weighted by Gasteiger charge is -2.12. The van der Waals surface area contributed by atoms with E-state index in [0.717, 1.165) is 5.75 Å². The number of halogens is 2. The average molecular weight is 383 g/mol. The molecule has 0 fully saturated rings. The van der Waals surface area contributed by atoms with Crippen LogP contribution in [-0.4, -0.2) is 23.8 Å². The summed E-state index contributed by atoms with van der Waals surface area (Å²) >= 11 is 7.69. The lowest BCUT2D eigenvalue weighted by atomic mass is 10.2. The normalized spacial score (nSPS) is 10.8. The Hall–Kier alpha value is -1.79. The highest BCUT2D eigenvalue weighted by Gasteiger charge is 2.17. The van der Waals surface area contributed by atoms with Crippen molar-refractivity contribution in [3.63, 3.8) is 0 Å². The molecule has 0 saturated carbocycles. The van der Waals surface area contributed by atoms with Gasteiger partial charge in [0, 0.05) is 18.5 Å². The predicted molar refractivity (Wildman–Crippen MR) is 98.9 cm³/mol. The number of thioether (sulfide) groups is 1. The monoisotopic (exact) mass is 382 g/mol. The Kier molecular flexibility index (Phi) is 7.08. The molecule has 2 aromatic rings. The number of ether oxygens (including phenoxy) is 1. The van der Waals surface area contributed by atoms with Crippen LogP contribution in [0.25, 0.3) is 0 Å². The van der Waals surface area contributed by atoms with Crippen LogP contribution < -0.4 is 10.1 Å². The molecule has 1 N–H and O–H groups in total. The largest absolute Gasteiger partial charge is 0.494 e. The van der Waals surface area contributed by atoms with E-state index in [1.165, 1.54) is 31.0 Å². The van der Waals surface area contributed by atoms with Gasteiger partial charge in [-0.3, -0.25) is 4.79 Å². The number of nitrogens with zero attached hydrogens (tertiary/aromatic N) is 1. The van der Waals surface area contributed by atoms with Gasteiger partial charge in [-0.2, -0.15) is 0 Å². The molecule has 1 heterocycles. The minimum Gasteiger partial charge on any atom is -0.494 e. The Balaban J connectivity index is 2.11. The molecule has 2 rings (SSSR count). The van der Waals surface area contributed by atoms with E-state index >= 15 is 0 Å². The zero-order chi connectivity index (χ0) is 18.4. The minimum absolute atomic E-state index is 0.165. The number of hydrogen-bond acceptors (Lipinski definition) is 4. The first-order chi connectivity index (χ1) is 11.9. The van der Waals surface area contributed by atoms with Crippen molar-refractivity contribution in [2.45, 2.75) is 25.4 Å². The van der Waals surface area contributed by atoms with Crippen molar-refractivity contribution < 1.29 is 13.9 Å². The molecule has 134 valence electrons. The molecule has 25 heavy (non-hydrogen) atoms. The molecule has 0 aliphatic heterocycles. The maximum atomic E-state index is 13.7. The van der Waals surface area contributed by atoms with Crippen molar-refractivity contribution in [2.75, 3.05) is 12.9 Å². The fraction of sp³-hybridized carbons (Fsp3) is 0.333. The van der Waals surface area contributed by atoms with Gasteiger partial charge in [0.15, 0.2) is 11.6 Å². The van der Waals surface area contributed by atoms with Gasteiger partial charge >= 0.3 is 0 Å². The molecule has 1 aromatic carbocycles. The summed E-state index contributed by atoms with van der Waals surface area (Å²) < 4.78 is 18.6. The maximum Gasteiger partial charge on any atom is 0.255 e. The van der Waals surface area contributed by atoms with Crippen LogP contribution in [0.3, 0.4) is 0 Å². The number of benzene rings is 1. The average Bonchev–Trinajstić information content (AvgIpc) is 2.58. The fourth-order valence-electron chi connectivity index (χ4n) is 2.07. The lowest BCUT2D eigenvalue weighted by molar-refractivity contribution is 0.0947. The van der Waals surface area contributed by atoms with E-state index < -0.39 is 5.82 Å². The summed E-state index contributed by atoms with van der Waals surface area (Å²) in [6.45, 7) is 4.37. The van der Waals surface area contributed by atoms with Crippen molar-refractivity contribution in [3.8, 4) is 5.75 Å². The van der Waals surface area contributed by atoms with E-state index in [0.29, 0.717) is 27.1 Å². The molecule has 0 spiro atoms. The van der Waals surface area contributed by atoms with Gasteiger partial charge in [0.05, 0.1) is 17.7 Å². The first kappa shape index (κ1) is 19.5. The zero-order valence-electron chi connectivity index (χ0n) is 14.3. The first-order valence-corrected chi connectivity index (χ1v) is 9.16. The van der Waals surface area contributed by atoms with Gasteiger partial charge in [-0.1, -0.05) is 31.5 Å². The Bertz CT molecular complexity index is 756. The third-order valence-electron chi connectivity index (χ3n) is 3.32. The number of amides is 1. The van der Waals surface area contributed by atoms with Crippen LogP contribution in [0.2, 0.25) is 5.02 Å². The molecular formula is C18H20ClFN2O2S. The second-order valence-electron chi connectivity index (χ2n) is 5.83. The number of pyridine rings is 1. The third-order valence-corrected chi connectivity index (χ3v) is 5.05. The molecular weight excluding hydrogens is 363 g/mol. The van der Waals surface area contributed by atoms with Crippen LogP contribution in [0.4, 0.5) is 4.39 Å². The lowest BCUT2D eigenvalue weighted by Crippen LogP contribution is -2.24. The number of rotatable bonds is 7. The van der Waals surface area contributed by atoms with Gasteiger partial charge in [0.25, 0.3) is 5.91 Å². The highest BCUT2D eigenvalue weighted by Crippen LogP contribution is 2.27. The van der Waals surface area contributed by atoms with E-state index in [9.17, 15) is 9.18 Å². The predicted octanol–water partition coefficient (Wildman–Crippen LogP) is 4.56. The molecule has 0 radical (unpaired) electrons. The van der Waals surface area contributed by atoms with Crippen LogP contribution in [0.15, 0.2) is 35.5 Å². The quantitative estimate of drug-likeness (QED) is 0.713. The number of carbonyl (C=O) groups is 1. The molecule has 0 aliphatic carbocycles. The topological polar surface area (TPSA) is 51.2 Å². The van der Waals surface area contributed by atoms with Gasteiger partial charge in [-0.05, 0) is 29.7 Å². The molecule has 7 heteroatoms. The second-order valence-corrected chi connectivity index (χ2v) is 7.25. The SMILES string of the molecule is COc1ccc(CNC(=O)c2c(Cl)ccnc2SCC(C)C)cc1F. The van der Waals surface area contributed by atoms with Crippen molar-refractivity contribution in [2.24, 2.45) is 5.92 Å². The van der Waals surface area contributed by atoms with Crippen LogP contribution >= 0.6 is 23.4 Å². The molecule has 1 aromatic heterocycles. The van der Waals surface area contributed by atoms with E-state index in [4.69, 9.17) is 16.3 Å². The Morgan fingerprint density at radius 2 is 2.16 bits per heavy atom. The summed E-state index contributed by atoms with van der Waals surface area (Å²) in [6, 6.07) is 6.14. The van der Waals surface area contributed by atoms with E-state index in [1.807, 2.05) is 0 Å². The van der Waals surface area contributed by atoms with Crippen LogP contribution in [-0.2, 0) is 6.54 Å². The number of aromatic nitrogens is 1. The number of carbonyl (C=O) groups excluding carboxylic acids is 1. The molecule has 4 nitrogen and oxygen atoms in total. The van der Waals surface area contributed by atoms with Crippen LogP contribution in [0.1, 0.15) is 29.8 Å². The number of methoxy groups -OCH3 is 1. The molecule has 0 saturated heterocycles. The van der Waals surface area contributed by atoms with Crippen molar-refractivity contribution in [1.82, 2.24) is 10.3 Å². The summed E-state index contributed by atoms with van der Waals surface area (Å²) in [5.74, 6) is 0.654. The van der Waals surface area contributed by atoms with E-state index in [2.05, 4.69) is 24.1 Å². The summed E-state index contributed by atoms with van der Waals surface area (Å²) in [5, 5.41) is 3.71. The minimum atomic E-state index is -0.471. The van der Waals surface area contributed by atoms with Crippen molar-refractivity contribution >= 4 is 29.3 Å². The van der Waals surface area contributed by atoms with E-state index in [-0.39, 0.29) is 18.2 Å². The summed E-state index contributed by atoms with van der Waals surface area (Å²) in [6.07, 6.45) is 1.58. The molecule has 0 atom stereocenters. The third kappa shape index (κ3) is 5.34. The van der Waals surface area contributed by atoms with Crippen molar-refractivity contribution in [3.05, 3.63) is 52.4 Å². The summed E-state index contributed by atoms with van der Waals surface area (Å²) in [7, 11) is 1.40. The number of nitrogens with one attached hydrogen (secondary N) is 1. The van der Waals surface area contributed by atoms with Gasteiger partial charge in [-0.15, -0.1) is 11.8 Å². The molecule has 0 aliphatic rings. The van der Waals surface area contributed by atoms with Crippen LogP contribution in [0.5, 0.6) is 5.75 Å². The molecule has 1 amide bonds. The zero-order valence-corrected chi connectivity index (χ0v) is 15.9. The van der Waals surface area contributed by atoms with Gasteiger partial charge < -0.3 is 10.1 Å². The smallest absolute Gasteiger partial charge is 0.255 e. The first-order valence-electron chi connectivity index (χ1n) is 7.80. The van der Waals surface area contributed by atoms with Gasteiger partial charge in [-0.25, -0.2) is 9.37 Å². The van der Waals surface area contributed by atoms with Gasteiger partial charge in [0.2, 0.25) is 0 Å². The summed E-state index contributed by atoms with van der Waals surface area (Å²) in [5.41, 5.74) is 0.979. The Labute approximate surface area is 156 Å². The molecule has 0 bridgehead atoms. The van der Waals surface area contributed by atoms with E-state index in [1.54, 1.807) is 18.3 Å². The highest BCUT2D eigenvalue weighted by molar-refractivity contribution is 7.99. The van der Waals surface area contributed by atoms with Gasteiger partial charge in [0.1, 0.15) is 5.03 Å². The Morgan fingerprint density at radius 3 is 2.80 bits per heavy atom.